The summed E-state index contributed by atoms with van der Waals surface area (Å²) in [5, 5.41) is 3.41. The van der Waals surface area contributed by atoms with Crippen molar-refractivity contribution in [2.24, 2.45) is 5.92 Å². The second kappa shape index (κ2) is 4.46. The number of benzene rings is 1. The van der Waals surface area contributed by atoms with E-state index in [9.17, 15) is 0 Å². The van der Waals surface area contributed by atoms with E-state index in [-0.39, 0.29) is 0 Å². The average Bonchev–Trinajstić information content (AvgIpc) is 2.96. The van der Waals surface area contributed by atoms with E-state index in [1.165, 1.54) is 44.3 Å². The van der Waals surface area contributed by atoms with E-state index in [1.807, 2.05) is 0 Å². The fourth-order valence-electron chi connectivity index (χ4n) is 2.30. The Morgan fingerprint density at radius 2 is 1.94 bits per heavy atom. The molecule has 0 spiro atoms. The Hall–Kier alpha value is -1.02. The summed E-state index contributed by atoms with van der Waals surface area (Å²) >= 11 is 0. The summed E-state index contributed by atoms with van der Waals surface area (Å²) in [7, 11) is 0. The van der Waals surface area contributed by atoms with Gasteiger partial charge in [-0.25, -0.2) is 0 Å². The Morgan fingerprint density at radius 3 is 2.56 bits per heavy atom. The van der Waals surface area contributed by atoms with Crippen molar-refractivity contribution in [2.45, 2.75) is 31.8 Å². The van der Waals surface area contributed by atoms with Gasteiger partial charge in [0.1, 0.15) is 5.75 Å². The first-order valence-electron chi connectivity index (χ1n) is 6.36. The van der Waals surface area contributed by atoms with E-state index >= 15 is 0 Å². The highest BCUT2D eigenvalue weighted by atomic mass is 16.5. The Labute approximate surface area is 97.0 Å². The Bertz CT molecular complexity index is 336. The molecule has 2 heteroatoms. The molecule has 1 saturated carbocycles. The molecule has 2 aliphatic rings. The zero-order valence-corrected chi connectivity index (χ0v) is 9.61. The van der Waals surface area contributed by atoms with E-state index < -0.39 is 0 Å². The van der Waals surface area contributed by atoms with Crippen molar-refractivity contribution in [3.05, 3.63) is 29.8 Å². The Kier molecular flexibility index (Phi) is 2.83. The van der Waals surface area contributed by atoms with Crippen molar-refractivity contribution in [3.8, 4) is 5.75 Å². The summed E-state index contributed by atoms with van der Waals surface area (Å²) in [5.74, 6) is 1.87. The lowest BCUT2D eigenvalue weighted by Crippen LogP contribution is -2.10. The first-order valence-corrected chi connectivity index (χ1v) is 6.36. The molecule has 0 amide bonds. The highest BCUT2D eigenvalue weighted by molar-refractivity contribution is 5.28. The van der Waals surface area contributed by atoms with Crippen LogP contribution < -0.4 is 10.1 Å². The van der Waals surface area contributed by atoms with Crippen LogP contribution in [0.25, 0.3) is 0 Å². The number of hydrogen-bond donors (Lipinski definition) is 1. The second-order valence-electron chi connectivity index (χ2n) is 5.02. The van der Waals surface area contributed by atoms with Crippen molar-refractivity contribution in [3.63, 3.8) is 0 Å². The molecule has 1 aromatic carbocycles. The molecule has 2 nitrogen and oxygen atoms in total. The van der Waals surface area contributed by atoms with Crippen molar-refractivity contribution in [1.29, 1.82) is 0 Å². The summed E-state index contributed by atoms with van der Waals surface area (Å²) in [6.45, 7) is 2.37. The molecule has 1 aliphatic carbocycles. The van der Waals surface area contributed by atoms with Gasteiger partial charge in [-0.05, 0) is 62.4 Å². The van der Waals surface area contributed by atoms with Crippen LogP contribution in [0.1, 0.15) is 24.8 Å². The lowest BCUT2D eigenvalue weighted by Gasteiger charge is -2.09. The lowest BCUT2D eigenvalue weighted by atomic mass is 9.99. The summed E-state index contributed by atoms with van der Waals surface area (Å²) in [6, 6.07) is 8.68. The first-order chi connectivity index (χ1) is 7.90. The van der Waals surface area contributed by atoms with Crippen LogP contribution >= 0.6 is 0 Å². The van der Waals surface area contributed by atoms with Crippen LogP contribution in [0.5, 0.6) is 5.75 Å². The number of hydrogen-bond acceptors (Lipinski definition) is 2. The van der Waals surface area contributed by atoms with Crippen LogP contribution in [-0.2, 0) is 6.42 Å². The molecule has 1 aliphatic heterocycles. The third kappa shape index (κ3) is 2.56. The van der Waals surface area contributed by atoms with Gasteiger partial charge in [0.2, 0.25) is 0 Å². The summed E-state index contributed by atoms with van der Waals surface area (Å²) in [6.07, 6.45) is 5.49. The molecule has 1 aromatic rings. The number of ether oxygens (including phenoxy) is 1. The third-order valence-corrected chi connectivity index (χ3v) is 3.44. The van der Waals surface area contributed by atoms with Gasteiger partial charge in [-0.2, -0.15) is 0 Å². The zero-order chi connectivity index (χ0) is 10.8. The molecule has 86 valence electrons. The maximum atomic E-state index is 5.74. The fourth-order valence-corrected chi connectivity index (χ4v) is 2.30. The largest absolute Gasteiger partial charge is 0.490 e. The molecular formula is C14H19NO. The van der Waals surface area contributed by atoms with Crippen LogP contribution in [0.3, 0.4) is 0 Å². The predicted molar refractivity (Wildman–Crippen MR) is 64.8 cm³/mol. The van der Waals surface area contributed by atoms with Gasteiger partial charge in [0.15, 0.2) is 0 Å². The van der Waals surface area contributed by atoms with Gasteiger partial charge in [-0.1, -0.05) is 12.1 Å². The normalized spacial score (nSPS) is 24.6. The molecule has 1 unspecified atom stereocenters. The smallest absolute Gasteiger partial charge is 0.119 e. The van der Waals surface area contributed by atoms with Gasteiger partial charge in [-0.15, -0.1) is 0 Å². The maximum Gasteiger partial charge on any atom is 0.119 e. The highest BCUT2D eigenvalue weighted by Gasteiger charge is 2.23. The van der Waals surface area contributed by atoms with Crippen LogP contribution in [0.2, 0.25) is 0 Å². The van der Waals surface area contributed by atoms with Crippen LogP contribution in [0.15, 0.2) is 24.3 Å². The molecule has 0 bridgehead atoms. The van der Waals surface area contributed by atoms with E-state index in [4.69, 9.17) is 4.74 Å². The molecule has 3 rings (SSSR count). The van der Waals surface area contributed by atoms with Crippen molar-refractivity contribution < 1.29 is 4.74 Å². The van der Waals surface area contributed by atoms with Crippen LogP contribution in [0, 0.1) is 5.92 Å². The standard InChI is InChI=1S/C14H19NO/c1-3-13(16-14-5-6-14)4-2-11(1)9-12-7-8-15-10-12/h1-4,12,14-15H,5-10H2. The number of nitrogens with one attached hydrogen (secondary N) is 1. The quantitative estimate of drug-likeness (QED) is 0.836. The van der Waals surface area contributed by atoms with E-state index in [0.29, 0.717) is 6.10 Å². The maximum absolute atomic E-state index is 5.74. The van der Waals surface area contributed by atoms with Gasteiger partial charge in [0.25, 0.3) is 0 Å². The molecular weight excluding hydrogens is 198 g/mol. The fraction of sp³-hybridized carbons (Fsp3) is 0.571. The van der Waals surface area contributed by atoms with Crippen molar-refractivity contribution in [1.82, 2.24) is 5.32 Å². The Balaban J connectivity index is 1.57. The predicted octanol–water partition coefficient (Wildman–Crippen LogP) is 2.38. The van der Waals surface area contributed by atoms with Gasteiger partial charge in [0, 0.05) is 0 Å². The van der Waals surface area contributed by atoms with Crippen LogP contribution in [-0.4, -0.2) is 19.2 Å². The summed E-state index contributed by atoms with van der Waals surface area (Å²) < 4.78 is 5.74. The molecule has 2 fully saturated rings. The third-order valence-electron chi connectivity index (χ3n) is 3.44. The van der Waals surface area contributed by atoms with E-state index in [2.05, 4.69) is 29.6 Å². The Morgan fingerprint density at radius 1 is 1.12 bits per heavy atom. The minimum absolute atomic E-state index is 0.505. The lowest BCUT2D eigenvalue weighted by molar-refractivity contribution is 0.303. The van der Waals surface area contributed by atoms with Crippen molar-refractivity contribution in [2.75, 3.05) is 13.1 Å². The van der Waals surface area contributed by atoms with Gasteiger partial charge >= 0.3 is 0 Å². The zero-order valence-electron chi connectivity index (χ0n) is 9.61. The molecule has 1 N–H and O–H groups in total. The molecule has 0 radical (unpaired) electrons. The minimum Gasteiger partial charge on any atom is -0.490 e. The molecule has 1 atom stereocenters. The average molecular weight is 217 g/mol. The monoisotopic (exact) mass is 217 g/mol. The first kappa shape index (κ1) is 10.2. The number of rotatable bonds is 4. The highest BCUT2D eigenvalue weighted by Crippen LogP contribution is 2.27. The van der Waals surface area contributed by atoms with Gasteiger partial charge in [0.05, 0.1) is 6.10 Å². The minimum atomic E-state index is 0.505. The van der Waals surface area contributed by atoms with Crippen LogP contribution in [0.4, 0.5) is 0 Å². The van der Waals surface area contributed by atoms with E-state index in [1.54, 1.807) is 0 Å². The van der Waals surface area contributed by atoms with Crippen molar-refractivity contribution >= 4 is 0 Å². The second-order valence-corrected chi connectivity index (χ2v) is 5.02. The molecule has 1 heterocycles. The molecule has 16 heavy (non-hydrogen) atoms. The van der Waals surface area contributed by atoms with Gasteiger partial charge in [-0.3, -0.25) is 0 Å². The molecule has 0 aromatic heterocycles. The van der Waals surface area contributed by atoms with Gasteiger partial charge < -0.3 is 10.1 Å². The van der Waals surface area contributed by atoms with E-state index in [0.717, 1.165) is 11.7 Å². The summed E-state index contributed by atoms with van der Waals surface area (Å²) in [5.41, 5.74) is 1.44. The SMILES string of the molecule is c1cc(OC2CC2)ccc1CC1CCNC1. The topological polar surface area (TPSA) is 21.3 Å². The summed E-state index contributed by atoms with van der Waals surface area (Å²) in [4.78, 5) is 0. The molecule has 1 saturated heterocycles.